The molecule has 0 fully saturated rings. The first-order valence-electron chi connectivity index (χ1n) is 5.86. The largest absolute Gasteiger partial charge is 0.397 e. The number of hydrogen-bond acceptors (Lipinski definition) is 3. The van der Waals surface area contributed by atoms with Crippen LogP contribution < -0.4 is 10.6 Å². The monoisotopic (exact) mass is 225 g/mol. The lowest BCUT2D eigenvalue weighted by Gasteiger charge is -2.29. The summed E-state index contributed by atoms with van der Waals surface area (Å²) in [5.41, 5.74) is 9.22. The molecular weight excluding hydrogens is 210 g/mol. The molecule has 0 unspecified atom stereocenters. The summed E-state index contributed by atoms with van der Waals surface area (Å²) in [6.07, 6.45) is 2.80. The fraction of sp³-hybridized carbons (Fsp3) is 0.214. The van der Waals surface area contributed by atoms with Crippen LogP contribution in [0, 0.1) is 0 Å². The molecule has 0 amide bonds. The zero-order chi connectivity index (χ0) is 11.7. The highest BCUT2D eigenvalue weighted by molar-refractivity contribution is 5.48. The van der Waals surface area contributed by atoms with Crippen LogP contribution in [0.2, 0.25) is 0 Å². The van der Waals surface area contributed by atoms with Crippen LogP contribution in [0.15, 0.2) is 42.6 Å². The third kappa shape index (κ3) is 1.96. The molecule has 2 N–H and O–H groups in total. The summed E-state index contributed by atoms with van der Waals surface area (Å²) >= 11 is 0. The van der Waals surface area contributed by atoms with E-state index in [-0.39, 0.29) is 0 Å². The van der Waals surface area contributed by atoms with E-state index in [1.165, 1.54) is 11.1 Å². The first-order chi connectivity index (χ1) is 8.33. The molecule has 3 heteroatoms. The van der Waals surface area contributed by atoms with Crippen LogP contribution in [0.5, 0.6) is 0 Å². The summed E-state index contributed by atoms with van der Waals surface area (Å²) in [6.45, 7) is 1.96. The third-order valence-electron chi connectivity index (χ3n) is 3.23. The summed E-state index contributed by atoms with van der Waals surface area (Å²) < 4.78 is 0. The van der Waals surface area contributed by atoms with Crippen LogP contribution in [-0.2, 0) is 13.0 Å². The first kappa shape index (κ1) is 10.1. The molecule has 3 rings (SSSR count). The van der Waals surface area contributed by atoms with Gasteiger partial charge >= 0.3 is 0 Å². The van der Waals surface area contributed by atoms with Gasteiger partial charge in [-0.2, -0.15) is 0 Å². The highest BCUT2D eigenvalue weighted by Gasteiger charge is 2.16. The van der Waals surface area contributed by atoms with Crippen molar-refractivity contribution in [3.8, 4) is 0 Å². The maximum absolute atomic E-state index is 5.65. The summed E-state index contributed by atoms with van der Waals surface area (Å²) in [5.74, 6) is 1.01. The van der Waals surface area contributed by atoms with Crippen molar-refractivity contribution in [3.63, 3.8) is 0 Å². The number of nitrogens with zero attached hydrogens (tertiary/aromatic N) is 2. The molecular formula is C14H15N3. The molecule has 0 bridgehead atoms. The Hall–Kier alpha value is -2.03. The van der Waals surface area contributed by atoms with Gasteiger partial charge in [0.1, 0.15) is 5.82 Å². The van der Waals surface area contributed by atoms with Gasteiger partial charge in [0.25, 0.3) is 0 Å². The minimum absolute atomic E-state index is 0.714. The van der Waals surface area contributed by atoms with Crippen LogP contribution in [-0.4, -0.2) is 11.5 Å². The zero-order valence-corrected chi connectivity index (χ0v) is 9.63. The number of benzene rings is 1. The smallest absolute Gasteiger partial charge is 0.128 e. The van der Waals surface area contributed by atoms with Crippen LogP contribution in [0.1, 0.15) is 11.1 Å². The van der Waals surface area contributed by atoms with Gasteiger partial charge in [0.15, 0.2) is 0 Å². The summed E-state index contributed by atoms with van der Waals surface area (Å²) in [4.78, 5) is 6.67. The van der Waals surface area contributed by atoms with Gasteiger partial charge in [-0.15, -0.1) is 0 Å². The second kappa shape index (κ2) is 4.09. The van der Waals surface area contributed by atoms with Crippen molar-refractivity contribution in [2.45, 2.75) is 13.0 Å². The lowest BCUT2D eigenvalue weighted by molar-refractivity contribution is 0.721. The van der Waals surface area contributed by atoms with Gasteiger partial charge in [0.2, 0.25) is 0 Å². The molecule has 1 aliphatic heterocycles. The Labute approximate surface area is 101 Å². The van der Waals surface area contributed by atoms with E-state index in [1.54, 1.807) is 6.20 Å². The molecule has 0 atom stereocenters. The van der Waals surface area contributed by atoms with E-state index in [1.807, 2.05) is 12.1 Å². The van der Waals surface area contributed by atoms with Gasteiger partial charge in [0.05, 0.1) is 11.9 Å². The van der Waals surface area contributed by atoms with Crippen LogP contribution >= 0.6 is 0 Å². The molecule has 1 aromatic heterocycles. The maximum Gasteiger partial charge on any atom is 0.128 e. The molecule has 1 aliphatic rings. The molecule has 0 saturated carbocycles. The average Bonchev–Trinajstić information content (AvgIpc) is 2.39. The fourth-order valence-electron chi connectivity index (χ4n) is 2.28. The average molecular weight is 225 g/mol. The summed E-state index contributed by atoms with van der Waals surface area (Å²) in [7, 11) is 0. The number of anilines is 2. The van der Waals surface area contributed by atoms with Crippen molar-refractivity contribution in [2.24, 2.45) is 0 Å². The number of fused-ring (bicyclic) bond motifs is 1. The van der Waals surface area contributed by atoms with E-state index >= 15 is 0 Å². The highest BCUT2D eigenvalue weighted by atomic mass is 15.2. The van der Waals surface area contributed by atoms with Crippen molar-refractivity contribution >= 4 is 11.5 Å². The van der Waals surface area contributed by atoms with Crippen LogP contribution in [0.25, 0.3) is 0 Å². The molecule has 0 radical (unpaired) electrons. The van der Waals surface area contributed by atoms with Crippen LogP contribution in [0.3, 0.4) is 0 Å². The van der Waals surface area contributed by atoms with Crippen molar-refractivity contribution < 1.29 is 0 Å². The molecule has 17 heavy (non-hydrogen) atoms. The fourth-order valence-corrected chi connectivity index (χ4v) is 2.28. The molecule has 86 valence electrons. The first-order valence-corrected chi connectivity index (χ1v) is 5.86. The van der Waals surface area contributed by atoms with E-state index in [0.717, 1.165) is 25.3 Å². The van der Waals surface area contributed by atoms with Gasteiger partial charge in [-0.05, 0) is 29.7 Å². The number of nitrogen functional groups attached to an aromatic ring is 1. The van der Waals surface area contributed by atoms with Gasteiger partial charge in [-0.25, -0.2) is 4.98 Å². The van der Waals surface area contributed by atoms with Crippen molar-refractivity contribution in [2.75, 3.05) is 17.2 Å². The standard InChI is InChI=1S/C14H15N3/c15-13-5-6-14(16-9-13)17-8-7-11-3-1-2-4-12(11)10-17/h1-6,9H,7-8,10,15H2. The van der Waals surface area contributed by atoms with E-state index in [4.69, 9.17) is 5.73 Å². The molecule has 3 nitrogen and oxygen atoms in total. The number of rotatable bonds is 1. The molecule has 1 aromatic carbocycles. The second-order valence-corrected chi connectivity index (χ2v) is 4.39. The lowest BCUT2D eigenvalue weighted by atomic mass is 10.00. The summed E-state index contributed by atoms with van der Waals surface area (Å²) in [5, 5.41) is 0. The minimum Gasteiger partial charge on any atom is -0.397 e. The van der Waals surface area contributed by atoms with Gasteiger partial charge in [-0.3, -0.25) is 0 Å². The Kier molecular flexibility index (Phi) is 2.44. The summed E-state index contributed by atoms with van der Waals surface area (Å²) in [6, 6.07) is 12.5. The topological polar surface area (TPSA) is 42.1 Å². The van der Waals surface area contributed by atoms with Crippen molar-refractivity contribution in [3.05, 3.63) is 53.7 Å². The van der Waals surface area contributed by atoms with Crippen molar-refractivity contribution in [1.29, 1.82) is 0 Å². The maximum atomic E-state index is 5.65. The predicted octanol–water partition coefficient (Wildman–Crippen LogP) is 2.23. The molecule has 0 saturated heterocycles. The van der Waals surface area contributed by atoms with Gasteiger partial charge < -0.3 is 10.6 Å². The molecule has 0 spiro atoms. The number of hydrogen-bond donors (Lipinski definition) is 1. The Morgan fingerprint density at radius 2 is 1.88 bits per heavy atom. The third-order valence-corrected chi connectivity index (χ3v) is 3.23. The van der Waals surface area contributed by atoms with Gasteiger partial charge in [0, 0.05) is 13.1 Å². The van der Waals surface area contributed by atoms with Gasteiger partial charge in [-0.1, -0.05) is 24.3 Å². The lowest BCUT2D eigenvalue weighted by Crippen LogP contribution is -2.30. The number of nitrogens with two attached hydrogens (primary N) is 1. The Bertz CT molecular complexity index is 519. The Balaban J connectivity index is 1.86. The minimum atomic E-state index is 0.714. The Morgan fingerprint density at radius 3 is 2.65 bits per heavy atom. The quantitative estimate of drug-likeness (QED) is 0.809. The normalized spacial score (nSPS) is 14.5. The van der Waals surface area contributed by atoms with E-state index in [9.17, 15) is 0 Å². The molecule has 0 aliphatic carbocycles. The Morgan fingerprint density at radius 1 is 1.06 bits per heavy atom. The van der Waals surface area contributed by atoms with Crippen LogP contribution in [0.4, 0.5) is 11.5 Å². The van der Waals surface area contributed by atoms with E-state index in [0.29, 0.717) is 5.69 Å². The van der Waals surface area contributed by atoms with E-state index in [2.05, 4.69) is 34.1 Å². The zero-order valence-electron chi connectivity index (χ0n) is 9.63. The predicted molar refractivity (Wildman–Crippen MR) is 69.8 cm³/mol. The van der Waals surface area contributed by atoms with Crippen molar-refractivity contribution in [1.82, 2.24) is 4.98 Å². The highest BCUT2D eigenvalue weighted by Crippen LogP contribution is 2.22. The molecule has 2 heterocycles. The number of aromatic nitrogens is 1. The molecule has 2 aromatic rings. The second-order valence-electron chi connectivity index (χ2n) is 4.39. The number of pyridine rings is 1. The SMILES string of the molecule is Nc1ccc(N2CCc3ccccc3C2)nc1. The van der Waals surface area contributed by atoms with E-state index < -0.39 is 0 Å².